The van der Waals surface area contributed by atoms with Crippen molar-refractivity contribution in [3.8, 4) is 5.69 Å². The number of benzene rings is 1. The molecule has 0 saturated carbocycles. The SMILES string of the molecule is NC(C(=O)NCc1nn(-c2ccccc2)c2c1CCC2)C1CCOCC1. The number of rotatable bonds is 5. The van der Waals surface area contributed by atoms with Gasteiger partial charge in [-0.2, -0.15) is 5.10 Å². The second kappa shape index (κ2) is 7.60. The van der Waals surface area contributed by atoms with E-state index < -0.39 is 6.04 Å². The van der Waals surface area contributed by atoms with Crippen molar-refractivity contribution in [1.29, 1.82) is 0 Å². The van der Waals surface area contributed by atoms with Gasteiger partial charge in [0.25, 0.3) is 0 Å². The predicted octanol–water partition coefficient (Wildman–Crippen LogP) is 1.73. The number of hydrogen-bond acceptors (Lipinski definition) is 4. The molecule has 1 unspecified atom stereocenters. The largest absolute Gasteiger partial charge is 0.381 e. The number of carbonyl (C=O) groups is 1. The Balaban J connectivity index is 1.46. The highest BCUT2D eigenvalue weighted by Gasteiger charge is 2.28. The van der Waals surface area contributed by atoms with Crippen molar-refractivity contribution in [3.63, 3.8) is 0 Å². The van der Waals surface area contributed by atoms with Crippen LogP contribution in [-0.4, -0.2) is 34.9 Å². The summed E-state index contributed by atoms with van der Waals surface area (Å²) < 4.78 is 7.38. The highest BCUT2D eigenvalue weighted by atomic mass is 16.5. The molecule has 1 aromatic heterocycles. The van der Waals surface area contributed by atoms with Crippen LogP contribution in [0, 0.1) is 5.92 Å². The minimum atomic E-state index is -0.469. The van der Waals surface area contributed by atoms with Crippen LogP contribution in [0.4, 0.5) is 0 Å². The second-order valence-corrected chi connectivity index (χ2v) is 7.17. The lowest BCUT2D eigenvalue weighted by molar-refractivity contribution is -0.124. The lowest BCUT2D eigenvalue weighted by atomic mass is 9.92. The fraction of sp³-hybridized carbons (Fsp3) is 0.500. The average molecular weight is 354 g/mol. The summed E-state index contributed by atoms with van der Waals surface area (Å²) in [5.74, 6) is 0.120. The Morgan fingerprint density at radius 3 is 2.81 bits per heavy atom. The predicted molar refractivity (Wildman–Crippen MR) is 99.0 cm³/mol. The maximum Gasteiger partial charge on any atom is 0.237 e. The Morgan fingerprint density at radius 1 is 1.27 bits per heavy atom. The summed E-state index contributed by atoms with van der Waals surface area (Å²) >= 11 is 0. The van der Waals surface area contributed by atoms with Gasteiger partial charge in [-0.3, -0.25) is 4.79 Å². The topological polar surface area (TPSA) is 82.2 Å². The van der Waals surface area contributed by atoms with E-state index in [0.29, 0.717) is 19.8 Å². The van der Waals surface area contributed by atoms with Crippen LogP contribution in [0.15, 0.2) is 30.3 Å². The molecule has 6 heteroatoms. The number of hydrogen-bond donors (Lipinski definition) is 2. The van der Waals surface area contributed by atoms with E-state index in [0.717, 1.165) is 43.5 Å². The number of nitrogens with zero attached hydrogens (tertiary/aromatic N) is 2. The molecule has 2 heterocycles. The summed E-state index contributed by atoms with van der Waals surface area (Å²) in [6.07, 6.45) is 4.91. The third-order valence-electron chi connectivity index (χ3n) is 5.52. The van der Waals surface area contributed by atoms with E-state index in [2.05, 4.69) is 17.4 Å². The molecular formula is C20H26N4O2. The minimum absolute atomic E-state index is 0.0853. The summed E-state index contributed by atoms with van der Waals surface area (Å²) in [5, 5.41) is 7.80. The first kappa shape index (κ1) is 17.2. The number of carbonyl (C=O) groups excluding carboxylic acids is 1. The molecule has 1 fully saturated rings. The number of amides is 1. The zero-order valence-corrected chi connectivity index (χ0v) is 15.0. The van der Waals surface area contributed by atoms with Gasteiger partial charge in [-0.1, -0.05) is 18.2 Å². The van der Waals surface area contributed by atoms with Gasteiger partial charge in [-0.05, 0) is 55.7 Å². The molecular weight excluding hydrogens is 328 g/mol. The Hall–Kier alpha value is -2.18. The molecule has 1 aliphatic carbocycles. The van der Waals surface area contributed by atoms with Crippen LogP contribution in [0.25, 0.3) is 5.69 Å². The highest BCUT2D eigenvalue weighted by Crippen LogP contribution is 2.27. The lowest BCUT2D eigenvalue weighted by Gasteiger charge is -2.26. The standard InChI is InChI=1S/C20H26N4O2/c21-19(14-9-11-26-12-10-14)20(25)22-13-17-16-7-4-8-18(16)24(23-17)15-5-2-1-3-6-15/h1-3,5-6,14,19H,4,7-13,21H2,(H,22,25). The smallest absolute Gasteiger partial charge is 0.237 e. The Labute approximate surface area is 153 Å². The molecule has 3 N–H and O–H groups in total. The van der Waals surface area contributed by atoms with Crippen molar-refractivity contribution in [3.05, 3.63) is 47.3 Å². The van der Waals surface area contributed by atoms with E-state index >= 15 is 0 Å². The van der Waals surface area contributed by atoms with E-state index in [4.69, 9.17) is 15.6 Å². The molecule has 26 heavy (non-hydrogen) atoms. The Bertz CT molecular complexity index is 766. The molecule has 2 aliphatic rings. The van der Waals surface area contributed by atoms with Crippen LogP contribution >= 0.6 is 0 Å². The molecule has 6 nitrogen and oxygen atoms in total. The van der Waals surface area contributed by atoms with Gasteiger partial charge in [0.2, 0.25) is 5.91 Å². The van der Waals surface area contributed by atoms with Crippen LogP contribution in [0.1, 0.15) is 36.2 Å². The first-order chi connectivity index (χ1) is 12.7. The quantitative estimate of drug-likeness (QED) is 0.857. The number of para-hydroxylation sites is 1. The van der Waals surface area contributed by atoms with Crippen molar-refractivity contribution in [1.82, 2.24) is 15.1 Å². The number of fused-ring (bicyclic) bond motifs is 1. The number of nitrogens with one attached hydrogen (secondary N) is 1. The summed E-state index contributed by atoms with van der Waals surface area (Å²) in [4.78, 5) is 12.5. The summed E-state index contributed by atoms with van der Waals surface area (Å²) in [7, 11) is 0. The normalized spacial score (nSPS) is 18.5. The highest BCUT2D eigenvalue weighted by molar-refractivity contribution is 5.81. The van der Waals surface area contributed by atoms with E-state index in [1.165, 1.54) is 11.3 Å². The molecule has 1 saturated heterocycles. The molecule has 1 amide bonds. The Morgan fingerprint density at radius 2 is 2.04 bits per heavy atom. The lowest BCUT2D eigenvalue weighted by Crippen LogP contribution is -2.46. The van der Waals surface area contributed by atoms with Crippen LogP contribution in [0.3, 0.4) is 0 Å². The van der Waals surface area contributed by atoms with Crippen LogP contribution in [-0.2, 0) is 28.9 Å². The monoisotopic (exact) mass is 354 g/mol. The molecule has 0 spiro atoms. The molecule has 1 aromatic carbocycles. The third kappa shape index (κ3) is 3.39. The molecule has 4 rings (SSSR count). The van der Waals surface area contributed by atoms with E-state index in [9.17, 15) is 4.79 Å². The fourth-order valence-corrected chi connectivity index (χ4v) is 4.02. The van der Waals surface area contributed by atoms with Crippen LogP contribution in [0.5, 0.6) is 0 Å². The van der Waals surface area contributed by atoms with Gasteiger partial charge < -0.3 is 15.8 Å². The molecule has 2 aromatic rings. The van der Waals surface area contributed by atoms with Crippen molar-refractivity contribution in [2.45, 2.75) is 44.7 Å². The molecule has 1 atom stereocenters. The van der Waals surface area contributed by atoms with Gasteiger partial charge in [-0.25, -0.2) is 4.68 Å². The molecule has 0 bridgehead atoms. The molecule has 138 valence electrons. The van der Waals surface area contributed by atoms with Crippen molar-refractivity contribution < 1.29 is 9.53 Å². The summed E-state index contributed by atoms with van der Waals surface area (Å²) in [5.41, 5.74) is 10.8. The summed E-state index contributed by atoms with van der Waals surface area (Å²) in [6.45, 7) is 1.83. The van der Waals surface area contributed by atoms with Crippen molar-refractivity contribution in [2.24, 2.45) is 11.7 Å². The number of aromatic nitrogens is 2. The first-order valence-corrected chi connectivity index (χ1v) is 9.50. The van der Waals surface area contributed by atoms with Gasteiger partial charge in [-0.15, -0.1) is 0 Å². The Kier molecular flexibility index (Phi) is 5.04. The number of nitrogens with two attached hydrogens (primary N) is 1. The maximum absolute atomic E-state index is 12.5. The van der Waals surface area contributed by atoms with E-state index in [1.807, 2.05) is 22.9 Å². The van der Waals surface area contributed by atoms with Crippen molar-refractivity contribution >= 4 is 5.91 Å². The number of ether oxygens (including phenoxy) is 1. The minimum Gasteiger partial charge on any atom is -0.381 e. The fourth-order valence-electron chi connectivity index (χ4n) is 4.02. The van der Waals surface area contributed by atoms with Crippen LogP contribution < -0.4 is 11.1 Å². The van der Waals surface area contributed by atoms with Crippen LogP contribution in [0.2, 0.25) is 0 Å². The average Bonchev–Trinajstić information content (AvgIpc) is 3.30. The van der Waals surface area contributed by atoms with Crippen molar-refractivity contribution in [2.75, 3.05) is 13.2 Å². The third-order valence-corrected chi connectivity index (χ3v) is 5.52. The van der Waals surface area contributed by atoms with Gasteiger partial charge in [0, 0.05) is 18.9 Å². The molecule has 1 aliphatic heterocycles. The first-order valence-electron chi connectivity index (χ1n) is 9.50. The van der Waals surface area contributed by atoms with Gasteiger partial charge in [0.1, 0.15) is 0 Å². The maximum atomic E-state index is 12.5. The van der Waals surface area contributed by atoms with Gasteiger partial charge >= 0.3 is 0 Å². The van der Waals surface area contributed by atoms with E-state index in [-0.39, 0.29) is 11.8 Å². The van der Waals surface area contributed by atoms with Gasteiger partial charge in [0.05, 0.1) is 24.0 Å². The summed E-state index contributed by atoms with van der Waals surface area (Å²) in [6, 6.07) is 9.71. The zero-order chi connectivity index (χ0) is 17.9. The van der Waals surface area contributed by atoms with E-state index in [1.54, 1.807) is 0 Å². The molecule has 0 radical (unpaired) electrons. The zero-order valence-electron chi connectivity index (χ0n) is 15.0. The van der Waals surface area contributed by atoms with Gasteiger partial charge in [0.15, 0.2) is 0 Å². The second-order valence-electron chi connectivity index (χ2n) is 7.17.